The fraction of sp³-hybridized carbons (Fsp3) is 0.267. The van der Waals surface area contributed by atoms with E-state index in [2.05, 4.69) is 11.4 Å². The largest absolute Gasteiger partial charge is 0.489 e. The molecular formula is C30H28N4O4. The van der Waals surface area contributed by atoms with Gasteiger partial charge in [-0.1, -0.05) is 31.0 Å². The average Bonchev–Trinajstić information content (AvgIpc) is 3.53. The molecule has 2 aromatic carbocycles. The number of nitrogens with one attached hydrogen (secondary N) is 1. The van der Waals surface area contributed by atoms with Gasteiger partial charge in [-0.2, -0.15) is 5.26 Å². The van der Waals surface area contributed by atoms with Crippen molar-refractivity contribution in [2.75, 3.05) is 0 Å². The van der Waals surface area contributed by atoms with E-state index in [1.165, 1.54) is 4.90 Å². The Kier molecular flexibility index (Phi) is 6.84. The van der Waals surface area contributed by atoms with E-state index >= 15 is 0 Å². The number of carbonyl (C=O) groups excluding carboxylic acids is 3. The highest BCUT2D eigenvalue weighted by molar-refractivity contribution is 6.31. The minimum atomic E-state index is -0.668. The number of amides is 4. The monoisotopic (exact) mass is 508 g/mol. The first kappa shape index (κ1) is 25.0. The lowest BCUT2D eigenvalue weighted by Crippen LogP contribution is -2.57. The molecule has 0 radical (unpaired) electrons. The second kappa shape index (κ2) is 10.4. The highest BCUT2D eigenvalue weighted by atomic mass is 16.5. The maximum absolute atomic E-state index is 13.2. The topological polar surface area (TPSA) is 104 Å². The molecule has 0 atom stereocenters. The Bertz CT molecular complexity index is 1490. The quantitative estimate of drug-likeness (QED) is 0.375. The SMILES string of the molecule is Cc1cc(/C=C2\C(=O)NC(=O)N(C3CCCC3)C2=O)c(C)n1-c1ccc(OCc2ccccc2C#N)cc1. The Labute approximate surface area is 221 Å². The maximum Gasteiger partial charge on any atom is 0.331 e. The van der Waals surface area contributed by atoms with Gasteiger partial charge in [0.25, 0.3) is 11.8 Å². The van der Waals surface area contributed by atoms with Crippen LogP contribution in [0.2, 0.25) is 0 Å². The van der Waals surface area contributed by atoms with Gasteiger partial charge in [0.2, 0.25) is 0 Å². The first-order chi connectivity index (χ1) is 18.4. The molecule has 1 aliphatic heterocycles. The highest BCUT2D eigenvalue weighted by Crippen LogP contribution is 2.29. The Balaban J connectivity index is 1.37. The molecule has 3 aromatic rings. The predicted molar refractivity (Wildman–Crippen MR) is 141 cm³/mol. The summed E-state index contributed by atoms with van der Waals surface area (Å²) in [4.78, 5) is 39.4. The van der Waals surface area contributed by atoms with Gasteiger partial charge in [0.15, 0.2) is 0 Å². The zero-order valence-electron chi connectivity index (χ0n) is 21.4. The van der Waals surface area contributed by atoms with Crippen LogP contribution in [0.3, 0.4) is 0 Å². The normalized spacial score (nSPS) is 17.1. The summed E-state index contributed by atoms with van der Waals surface area (Å²) in [6.45, 7) is 4.17. The molecule has 0 spiro atoms. The summed E-state index contributed by atoms with van der Waals surface area (Å²) >= 11 is 0. The number of hydrogen-bond donors (Lipinski definition) is 1. The molecule has 1 aromatic heterocycles. The number of nitrogens with zero attached hydrogens (tertiary/aromatic N) is 3. The Morgan fingerprint density at radius 3 is 2.47 bits per heavy atom. The number of aryl methyl sites for hydroxylation is 1. The van der Waals surface area contributed by atoms with Gasteiger partial charge in [0.1, 0.15) is 17.9 Å². The summed E-state index contributed by atoms with van der Waals surface area (Å²) < 4.78 is 7.93. The van der Waals surface area contributed by atoms with E-state index < -0.39 is 17.8 Å². The van der Waals surface area contributed by atoms with Crippen LogP contribution < -0.4 is 10.1 Å². The number of benzene rings is 2. The van der Waals surface area contributed by atoms with Crippen molar-refractivity contribution in [3.8, 4) is 17.5 Å². The molecule has 8 heteroatoms. The number of nitriles is 1. The minimum Gasteiger partial charge on any atom is -0.489 e. The van der Waals surface area contributed by atoms with E-state index in [0.29, 0.717) is 17.9 Å². The molecule has 1 aliphatic carbocycles. The summed E-state index contributed by atoms with van der Waals surface area (Å²) in [5.74, 6) is -0.527. The molecule has 38 heavy (non-hydrogen) atoms. The van der Waals surface area contributed by atoms with Gasteiger partial charge in [0, 0.05) is 28.7 Å². The lowest BCUT2D eigenvalue weighted by molar-refractivity contribution is -0.131. The molecule has 2 heterocycles. The summed E-state index contributed by atoms with van der Waals surface area (Å²) in [5, 5.41) is 11.6. The van der Waals surface area contributed by atoms with Crippen LogP contribution in [0.5, 0.6) is 5.75 Å². The van der Waals surface area contributed by atoms with Crippen molar-refractivity contribution < 1.29 is 19.1 Å². The zero-order valence-corrected chi connectivity index (χ0v) is 21.4. The summed E-state index contributed by atoms with van der Waals surface area (Å²) in [5.41, 5.74) is 4.80. The van der Waals surface area contributed by atoms with Gasteiger partial charge in [-0.3, -0.25) is 19.8 Å². The Morgan fingerprint density at radius 1 is 1.05 bits per heavy atom. The van der Waals surface area contributed by atoms with Crippen molar-refractivity contribution in [1.82, 2.24) is 14.8 Å². The van der Waals surface area contributed by atoms with Crippen LogP contribution >= 0.6 is 0 Å². The smallest absolute Gasteiger partial charge is 0.331 e. The molecular weight excluding hydrogens is 480 g/mol. The van der Waals surface area contributed by atoms with E-state index in [1.54, 1.807) is 12.1 Å². The van der Waals surface area contributed by atoms with Crippen molar-refractivity contribution in [2.24, 2.45) is 0 Å². The number of carbonyl (C=O) groups is 3. The van der Waals surface area contributed by atoms with Crippen LogP contribution in [-0.2, 0) is 16.2 Å². The number of rotatable bonds is 6. The van der Waals surface area contributed by atoms with Crippen molar-refractivity contribution in [1.29, 1.82) is 5.26 Å². The van der Waals surface area contributed by atoms with Crippen molar-refractivity contribution >= 4 is 23.9 Å². The average molecular weight is 509 g/mol. The van der Waals surface area contributed by atoms with Crippen LogP contribution in [0.1, 0.15) is 53.8 Å². The lowest BCUT2D eigenvalue weighted by atomic mass is 10.1. The third-order valence-corrected chi connectivity index (χ3v) is 7.22. The molecule has 1 saturated heterocycles. The predicted octanol–water partition coefficient (Wildman–Crippen LogP) is 4.95. The Hall–Kier alpha value is -4.64. The second-order valence-electron chi connectivity index (χ2n) is 9.64. The van der Waals surface area contributed by atoms with E-state index in [0.717, 1.165) is 53.9 Å². The number of ether oxygens (including phenoxy) is 1. The fourth-order valence-electron chi connectivity index (χ4n) is 5.26. The number of hydrogen-bond acceptors (Lipinski definition) is 5. The fourth-order valence-corrected chi connectivity index (χ4v) is 5.26. The number of aromatic nitrogens is 1. The standard InChI is InChI=1S/C30H28N4O4/c1-19-15-23(16-27-28(35)32-30(37)34(29(27)36)24-9-5-6-10-24)20(2)33(19)25-11-13-26(14-12-25)38-18-22-8-4-3-7-21(22)17-31/h3-4,7-8,11-16,24H,5-6,9-10,18H2,1-2H3,(H,32,35,37)/b27-16+. The lowest BCUT2D eigenvalue weighted by Gasteiger charge is -2.31. The molecule has 2 fully saturated rings. The molecule has 1 N–H and O–H groups in total. The number of barbiturate groups is 1. The van der Waals surface area contributed by atoms with Gasteiger partial charge < -0.3 is 9.30 Å². The van der Waals surface area contributed by atoms with Crippen LogP contribution in [0.15, 0.2) is 60.2 Å². The van der Waals surface area contributed by atoms with Gasteiger partial charge in [-0.05, 0) is 74.7 Å². The molecule has 5 rings (SSSR count). The Morgan fingerprint density at radius 2 is 1.76 bits per heavy atom. The third-order valence-electron chi connectivity index (χ3n) is 7.22. The van der Waals surface area contributed by atoms with E-state index in [1.807, 2.05) is 66.9 Å². The summed E-state index contributed by atoms with van der Waals surface area (Å²) in [7, 11) is 0. The minimum absolute atomic E-state index is 0.0295. The molecule has 8 nitrogen and oxygen atoms in total. The van der Waals surface area contributed by atoms with Crippen molar-refractivity contribution in [2.45, 2.75) is 52.2 Å². The molecule has 0 bridgehead atoms. The number of imide groups is 2. The molecule has 192 valence electrons. The highest BCUT2D eigenvalue weighted by Gasteiger charge is 2.40. The van der Waals surface area contributed by atoms with Crippen LogP contribution in [-0.4, -0.2) is 33.4 Å². The van der Waals surface area contributed by atoms with Crippen LogP contribution in [0.25, 0.3) is 11.8 Å². The molecule has 2 aliphatic rings. The molecule has 4 amide bonds. The van der Waals surface area contributed by atoms with Gasteiger partial charge in [0.05, 0.1) is 11.6 Å². The first-order valence-corrected chi connectivity index (χ1v) is 12.7. The first-order valence-electron chi connectivity index (χ1n) is 12.7. The van der Waals surface area contributed by atoms with Gasteiger partial charge in [-0.15, -0.1) is 0 Å². The summed E-state index contributed by atoms with van der Waals surface area (Å²) in [6, 6.07) is 18.2. The van der Waals surface area contributed by atoms with Crippen LogP contribution in [0.4, 0.5) is 4.79 Å². The number of urea groups is 1. The summed E-state index contributed by atoms with van der Waals surface area (Å²) in [6.07, 6.45) is 5.04. The third kappa shape index (κ3) is 4.71. The van der Waals surface area contributed by atoms with Crippen molar-refractivity contribution in [3.63, 3.8) is 0 Å². The van der Waals surface area contributed by atoms with Crippen LogP contribution in [0, 0.1) is 25.2 Å². The van der Waals surface area contributed by atoms with Gasteiger partial charge in [-0.25, -0.2) is 4.79 Å². The molecule has 0 unspecified atom stereocenters. The zero-order chi connectivity index (χ0) is 26.8. The molecule has 1 saturated carbocycles. The van der Waals surface area contributed by atoms with Gasteiger partial charge >= 0.3 is 6.03 Å². The van der Waals surface area contributed by atoms with E-state index in [9.17, 15) is 19.6 Å². The maximum atomic E-state index is 13.2. The second-order valence-corrected chi connectivity index (χ2v) is 9.64. The van der Waals surface area contributed by atoms with E-state index in [4.69, 9.17) is 4.74 Å². The van der Waals surface area contributed by atoms with Crippen molar-refractivity contribution in [3.05, 3.63) is 88.2 Å². The van der Waals surface area contributed by atoms with E-state index in [-0.39, 0.29) is 11.6 Å².